The monoisotopic (exact) mass is 168 g/mol. The van der Waals surface area contributed by atoms with E-state index >= 15 is 0 Å². The SMILES string of the molecule is CC1CCCN1C=NC(C)(C)C. The summed E-state index contributed by atoms with van der Waals surface area (Å²) < 4.78 is 0. The fourth-order valence-electron chi connectivity index (χ4n) is 1.37. The molecule has 1 saturated heterocycles. The summed E-state index contributed by atoms with van der Waals surface area (Å²) in [5.41, 5.74) is 0.0717. The molecule has 2 nitrogen and oxygen atoms in total. The number of hydrogen-bond acceptors (Lipinski definition) is 1. The van der Waals surface area contributed by atoms with E-state index in [1.54, 1.807) is 0 Å². The van der Waals surface area contributed by atoms with Gasteiger partial charge in [0.15, 0.2) is 0 Å². The van der Waals surface area contributed by atoms with Crippen LogP contribution in [-0.4, -0.2) is 29.4 Å². The van der Waals surface area contributed by atoms with E-state index in [4.69, 9.17) is 0 Å². The number of aliphatic imine (C=N–C) groups is 1. The zero-order valence-corrected chi connectivity index (χ0v) is 8.67. The molecule has 0 spiro atoms. The van der Waals surface area contributed by atoms with Gasteiger partial charge in [0, 0.05) is 12.6 Å². The summed E-state index contributed by atoms with van der Waals surface area (Å²) in [4.78, 5) is 6.83. The maximum Gasteiger partial charge on any atom is 0.0858 e. The van der Waals surface area contributed by atoms with Gasteiger partial charge in [-0.25, -0.2) is 0 Å². The average Bonchev–Trinajstić information content (AvgIpc) is 2.29. The maximum atomic E-state index is 4.49. The quantitative estimate of drug-likeness (QED) is 0.433. The van der Waals surface area contributed by atoms with Crippen molar-refractivity contribution < 1.29 is 0 Å². The van der Waals surface area contributed by atoms with E-state index in [2.05, 4.69) is 37.6 Å². The van der Waals surface area contributed by atoms with E-state index in [1.807, 2.05) is 6.34 Å². The molecule has 1 fully saturated rings. The lowest BCUT2D eigenvalue weighted by Crippen LogP contribution is -2.26. The van der Waals surface area contributed by atoms with Crippen LogP contribution >= 0.6 is 0 Å². The Labute approximate surface area is 75.7 Å². The van der Waals surface area contributed by atoms with E-state index in [9.17, 15) is 0 Å². The lowest BCUT2D eigenvalue weighted by atomic mass is 10.1. The normalized spacial score (nSPS) is 25.7. The number of hydrogen-bond donors (Lipinski definition) is 0. The summed E-state index contributed by atoms with van der Waals surface area (Å²) in [7, 11) is 0. The van der Waals surface area contributed by atoms with Crippen LogP contribution in [0.25, 0.3) is 0 Å². The van der Waals surface area contributed by atoms with E-state index in [-0.39, 0.29) is 5.54 Å². The molecule has 0 aromatic carbocycles. The Hall–Kier alpha value is -0.530. The summed E-state index contributed by atoms with van der Waals surface area (Å²) in [6.45, 7) is 9.83. The van der Waals surface area contributed by atoms with Gasteiger partial charge in [0.2, 0.25) is 0 Å². The molecule has 0 aliphatic carbocycles. The molecule has 1 atom stereocenters. The van der Waals surface area contributed by atoms with Gasteiger partial charge in [0.1, 0.15) is 0 Å². The Morgan fingerprint density at radius 3 is 2.50 bits per heavy atom. The molecule has 0 radical (unpaired) electrons. The van der Waals surface area contributed by atoms with Crippen molar-refractivity contribution in [3.63, 3.8) is 0 Å². The highest BCUT2D eigenvalue weighted by atomic mass is 15.2. The number of nitrogens with zero attached hydrogens (tertiary/aromatic N) is 2. The fourth-order valence-corrected chi connectivity index (χ4v) is 1.37. The molecule has 1 rings (SSSR count). The highest BCUT2D eigenvalue weighted by Gasteiger charge is 2.17. The first-order chi connectivity index (χ1) is 5.49. The van der Waals surface area contributed by atoms with Gasteiger partial charge < -0.3 is 4.90 Å². The second-order valence-corrected chi connectivity index (χ2v) is 4.64. The molecule has 0 amide bonds. The van der Waals surface area contributed by atoms with Gasteiger partial charge in [-0.15, -0.1) is 0 Å². The Morgan fingerprint density at radius 2 is 2.08 bits per heavy atom. The molecule has 12 heavy (non-hydrogen) atoms. The van der Waals surface area contributed by atoms with Gasteiger partial charge in [-0.05, 0) is 40.5 Å². The summed E-state index contributed by atoms with van der Waals surface area (Å²) in [5.74, 6) is 0. The molecule has 2 heteroatoms. The van der Waals surface area contributed by atoms with Crippen LogP contribution in [0.1, 0.15) is 40.5 Å². The molecular formula is C10H20N2. The van der Waals surface area contributed by atoms with Crippen molar-refractivity contribution in [2.75, 3.05) is 6.54 Å². The minimum absolute atomic E-state index is 0.0717. The summed E-state index contributed by atoms with van der Waals surface area (Å²) >= 11 is 0. The van der Waals surface area contributed by atoms with Gasteiger partial charge in [-0.2, -0.15) is 0 Å². The van der Waals surface area contributed by atoms with Crippen LogP contribution in [0.4, 0.5) is 0 Å². The first kappa shape index (κ1) is 9.56. The van der Waals surface area contributed by atoms with Crippen molar-refractivity contribution >= 4 is 6.34 Å². The van der Waals surface area contributed by atoms with Gasteiger partial charge >= 0.3 is 0 Å². The Bertz CT molecular complexity index is 167. The van der Waals surface area contributed by atoms with Crippen molar-refractivity contribution in [1.29, 1.82) is 0 Å². The highest BCUT2D eigenvalue weighted by Crippen LogP contribution is 2.15. The van der Waals surface area contributed by atoms with Crippen molar-refractivity contribution in [3.05, 3.63) is 0 Å². The predicted octanol–water partition coefficient (Wildman–Crippen LogP) is 2.30. The van der Waals surface area contributed by atoms with Crippen LogP contribution in [0.15, 0.2) is 4.99 Å². The molecule has 1 aliphatic rings. The molecule has 0 aromatic heterocycles. The Balaban J connectivity index is 2.45. The minimum atomic E-state index is 0.0717. The van der Waals surface area contributed by atoms with E-state index in [0.717, 1.165) is 0 Å². The van der Waals surface area contributed by atoms with Crippen molar-refractivity contribution in [2.45, 2.75) is 52.1 Å². The first-order valence-electron chi connectivity index (χ1n) is 4.80. The lowest BCUT2D eigenvalue weighted by Gasteiger charge is -2.20. The zero-order valence-electron chi connectivity index (χ0n) is 8.67. The third kappa shape index (κ3) is 2.84. The second-order valence-electron chi connectivity index (χ2n) is 4.64. The molecule has 0 bridgehead atoms. The predicted molar refractivity (Wildman–Crippen MR) is 53.6 cm³/mol. The van der Waals surface area contributed by atoms with Gasteiger partial charge in [0.25, 0.3) is 0 Å². The van der Waals surface area contributed by atoms with Gasteiger partial charge in [0.05, 0.1) is 11.9 Å². The minimum Gasteiger partial charge on any atom is -0.360 e. The Kier molecular flexibility index (Phi) is 2.76. The van der Waals surface area contributed by atoms with E-state index < -0.39 is 0 Å². The van der Waals surface area contributed by atoms with Crippen molar-refractivity contribution in [2.24, 2.45) is 4.99 Å². The summed E-state index contributed by atoms with van der Waals surface area (Å²) in [6, 6.07) is 0.691. The molecule has 70 valence electrons. The van der Waals surface area contributed by atoms with Crippen molar-refractivity contribution in [1.82, 2.24) is 4.90 Å². The van der Waals surface area contributed by atoms with Crippen LogP contribution in [0.2, 0.25) is 0 Å². The zero-order chi connectivity index (χ0) is 9.19. The van der Waals surface area contributed by atoms with Gasteiger partial charge in [-0.3, -0.25) is 4.99 Å². The number of rotatable bonds is 1. The van der Waals surface area contributed by atoms with Crippen LogP contribution < -0.4 is 0 Å². The van der Waals surface area contributed by atoms with Crippen LogP contribution in [-0.2, 0) is 0 Å². The summed E-state index contributed by atoms with van der Waals surface area (Å²) in [6.07, 6.45) is 4.66. The van der Waals surface area contributed by atoms with Crippen LogP contribution in [0.5, 0.6) is 0 Å². The van der Waals surface area contributed by atoms with Crippen LogP contribution in [0, 0.1) is 0 Å². The largest absolute Gasteiger partial charge is 0.360 e. The topological polar surface area (TPSA) is 15.6 Å². The highest BCUT2D eigenvalue weighted by molar-refractivity contribution is 5.56. The fraction of sp³-hybridized carbons (Fsp3) is 0.900. The smallest absolute Gasteiger partial charge is 0.0858 e. The standard InChI is InChI=1S/C10H20N2/c1-9-6-5-7-12(9)8-11-10(2,3)4/h8-9H,5-7H2,1-4H3. The number of likely N-dealkylation sites (tertiary alicyclic amines) is 1. The average molecular weight is 168 g/mol. The molecule has 1 heterocycles. The molecule has 1 aliphatic heterocycles. The second kappa shape index (κ2) is 3.46. The molecule has 0 N–H and O–H groups in total. The lowest BCUT2D eigenvalue weighted by molar-refractivity contribution is 0.419. The maximum absolute atomic E-state index is 4.49. The van der Waals surface area contributed by atoms with Gasteiger partial charge in [-0.1, -0.05) is 0 Å². The summed E-state index contributed by atoms with van der Waals surface area (Å²) in [5, 5.41) is 0. The molecule has 1 unspecified atom stereocenters. The Morgan fingerprint density at radius 1 is 1.42 bits per heavy atom. The molecule has 0 saturated carbocycles. The van der Waals surface area contributed by atoms with Crippen LogP contribution in [0.3, 0.4) is 0 Å². The molecular weight excluding hydrogens is 148 g/mol. The third-order valence-electron chi connectivity index (χ3n) is 2.20. The van der Waals surface area contributed by atoms with Crippen molar-refractivity contribution in [3.8, 4) is 0 Å². The third-order valence-corrected chi connectivity index (χ3v) is 2.20. The van der Waals surface area contributed by atoms with E-state index in [1.165, 1.54) is 19.4 Å². The first-order valence-corrected chi connectivity index (χ1v) is 4.80. The van der Waals surface area contributed by atoms with E-state index in [0.29, 0.717) is 6.04 Å². The molecule has 0 aromatic rings.